The zero-order chi connectivity index (χ0) is 40.4. The lowest BCUT2D eigenvalue weighted by Crippen LogP contribution is -2.22. The standard InChI is InChI=1S/C59H45N/c1-58(2)52-25-13-10-22-49(52)50-38-37-46(39-55(50)58)60(45-35-33-41(34-36-45)40-17-6-4-7-18-40)56-28-15-12-21-47(56)42-29-31-43(32-30-42)48-24-16-27-54-57(48)51-23-11-14-26-53(51)59(54,3)44-19-8-5-9-20-44/h4-39H,1-3H3. The molecule has 0 spiro atoms. The van der Waals surface area contributed by atoms with Crippen molar-refractivity contribution in [1.82, 2.24) is 0 Å². The molecular weight excluding hydrogens is 723 g/mol. The van der Waals surface area contributed by atoms with Crippen molar-refractivity contribution in [3.63, 3.8) is 0 Å². The van der Waals surface area contributed by atoms with Gasteiger partial charge in [-0.05, 0) is 115 Å². The molecule has 0 aromatic heterocycles. The van der Waals surface area contributed by atoms with Crippen LogP contribution >= 0.6 is 0 Å². The van der Waals surface area contributed by atoms with Crippen LogP contribution in [0.2, 0.25) is 0 Å². The van der Waals surface area contributed by atoms with E-state index in [4.69, 9.17) is 0 Å². The Labute approximate surface area is 353 Å². The molecule has 9 aromatic rings. The monoisotopic (exact) mass is 767 g/mol. The number of anilines is 3. The van der Waals surface area contributed by atoms with Crippen molar-refractivity contribution >= 4 is 17.1 Å². The van der Waals surface area contributed by atoms with Crippen LogP contribution in [0.25, 0.3) is 55.6 Å². The summed E-state index contributed by atoms with van der Waals surface area (Å²) in [6.07, 6.45) is 0. The topological polar surface area (TPSA) is 3.24 Å². The molecule has 1 unspecified atom stereocenters. The van der Waals surface area contributed by atoms with Gasteiger partial charge in [-0.15, -0.1) is 0 Å². The molecule has 60 heavy (non-hydrogen) atoms. The van der Waals surface area contributed by atoms with Crippen LogP contribution in [0.15, 0.2) is 218 Å². The molecule has 0 aliphatic heterocycles. The number of fused-ring (bicyclic) bond motifs is 6. The zero-order valence-electron chi connectivity index (χ0n) is 34.2. The van der Waals surface area contributed by atoms with E-state index >= 15 is 0 Å². The summed E-state index contributed by atoms with van der Waals surface area (Å²) in [6, 6.07) is 80.6. The van der Waals surface area contributed by atoms with Gasteiger partial charge < -0.3 is 4.90 Å². The van der Waals surface area contributed by atoms with Crippen LogP contribution in [0.1, 0.15) is 48.6 Å². The van der Waals surface area contributed by atoms with E-state index in [0.717, 1.165) is 17.1 Å². The van der Waals surface area contributed by atoms with Gasteiger partial charge in [0.2, 0.25) is 0 Å². The summed E-state index contributed by atoms with van der Waals surface area (Å²) < 4.78 is 0. The van der Waals surface area contributed by atoms with E-state index < -0.39 is 0 Å². The fourth-order valence-corrected chi connectivity index (χ4v) is 10.3. The molecule has 0 fully saturated rings. The predicted molar refractivity (Wildman–Crippen MR) is 252 cm³/mol. The van der Waals surface area contributed by atoms with Crippen LogP contribution in [-0.2, 0) is 10.8 Å². The van der Waals surface area contributed by atoms with E-state index in [9.17, 15) is 0 Å². The van der Waals surface area contributed by atoms with Gasteiger partial charge in [0, 0.05) is 27.8 Å². The van der Waals surface area contributed by atoms with Crippen molar-refractivity contribution in [1.29, 1.82) is 0 Å². The Morgan fingerprint density at radius 1 is 0.317 bits per heavy atom. The number of nitrogens with zero attached hydrogens (tertiary/aromatic N) is 1. The first-order valence-corrected chi connectivity index (χ1v) is 21.1. The molecule has 2 aliphatic rings. The molecule has 1 nitrogen and oxygen atoms in total. The Morgan fingerprint density at radius 2 is 0.817 bits per heavy atom. The third kappa shape index (κ3) is 5.53. The van der Waals surface area contributed by atoms with Crippen LogP contribution < -0.4 is 4.90 Å². The highest BCUT2D eigenvalue weighted by Gasteiger charge is 2.41. The third-order valence-electron chi connectivity index (χ3n) is 13.4. The van der Waals surface area contributed by atoms with Crippen molar-refractivity contribution < 1.29 is 0 Å². The molecular formula is C59H45N. The lowest BCUT2D eigenvalue weighted by atomic mass is 9.74. The number of rotatable bonds is 7. The number of para-hydroxylation sites is 1. The molecule has 0 radical (unpaired) electrons. The summed E-state index contributed by atoms with van der Waals surface area (Å²) in [5, 5.41) is 0. The summed E-state index contributed by atoms with van der Waals surface area (Å²) in [5.74, 6) is 0. The van der Waals surface area contributed by atoms with Gasteiger partial charge in [-0.1, -0.05) is 202 Å². The predicted octanol–water partition coefficient (Wildman–Crippen LogP) is 15.8. The first kappa shape index (κ1) is 35.9. The maximum Gasteiger partial charge on any atom is 0.0540 e. The van der Waals surface area contributed by atoms with Crippen LogP contribution in [-0.4, -0.2) is 0 Å². The normalized spacial score (nSPS) is 15.4. The Hall–Kier alpha value is -7.22. The fourth-order valence-electron chi connectivity index (χ4n) is 10.3. The lowest BCUT2D eigenvalue weighted by Gasteiger charge is -2.30. The molecule has 9 aromatic carbocycles. The van der Waals surface area contributed by atoms with Crippen molar-refractivity contribution in [3.05, 3.63) is 246 Å². The van der Waals surface area contributed by atoms with Gasteiger partial charge in [0.1, 0.15) is 0 Å². The zero-order valence-corrected chi connectivity index (χ0v) is 34.2. The largest absolute Gasteiger partial charge is 0.310 e. The highest BCUT2D eigenvalue weighted by atomic mass is 15.1. The summed E-state index contributed by atoms with van der Waals surface area (Å²) in [6.45, 7) is 7.11. The second-order valence-electron chi connectivity index (χ2n) is 17.0. The number of benzene rings is 9. The Kier molecular flexibility index (Phi) is 8.36. The average molecular weight is 768 g/mol. The first-order valence-electron chi connectivity index (χ1n) is 21.1. The second kappa shape index (κ2) is 14.0. The third-order valence-corrected chi connectivity index (χ3v) is 13.4. The number of hydrogen-bond donors (Lipinski definition) is 0. The first-order chi connectivity index (χ1) is 29.4. The van der Waals surface area contributed by atoms with Gasteiger partial charge in [-0.2, -0.15) is 0 Å². The highest BCUT2D eigenvalue weighted by Crippen LogP contribution is 2.55. The van der Waals surface area contributed by atoms with E-state index in [1.54, 1.807) is 0 Å². The van der Waals surface area contributed by atoms with Crippen molar-refractivity contribution in [2.75, 3.05) is 4.90 Å². The Morgan fingerprint density at radius 3 is 1.55 bits per heavy atom. The van der Waals surface area contributed by atoms with Gasteiger partial charge in [0.05, 0.1) is 5.69 Å². The van der Waals surface area contributed by atoms with E-state index in [1.165, 1.54) is 83.5 Å². The van der Waals surface area contributed by atoms with Gasteiger partial charge in [0.25, 0.3) is 0 Å². The minimum Gasteiger partial charge on any atom is -0.310 e. The molecule has 0 saturated carbocycles. The molecule has 0 saturated heterocycles. The van der Waals surface area contributed by atoms with Crippen LogP contribution in [0.3, 0.4) is 0 Å². The number of hydrogen-bond acceptors (Lipinski definition) is 1. The minimum atomic E-state index is -0.236. The molecule has 286 valence electrons. The van der Waals surface area contributed by atoms with Crippen LogP contribution in [0.4, 0.5) is 17.1 Å². The van der Waals surface area contributed by atoms with Crippen molar-refractivity contribution in [2.24, 2.45) is 0 Å². The fraction of sp³-hybridized carbons (Fsp3) is 0.0847. The lowest BCUT2D eigenvalue weighted by molar-refractivity contribution is 0.660. The van der Waals surface area contributed by atoms with Gasteiger partial charge in [-0.3, -0.25) is 0 Å². The summed E-state index contributed by atoms with van der Waals surface area (Å²) >= 11 is 0. The molecule has 0 N–H and O–H groups in total. The van der Waals surface area contributed by atoms with Gasteiger partial charge in [-0.25, -0.2) is 0 Å². The maximum atomic E-state index is 2.45. The second-order valence-corrected chi connectivity index (χ2v) is 17.0. The maximum absolute atomic E-state index is 2.45. The molecule has 11 rings (SSSR count). The minimum absolute atomic E-state index is 0.114. The van der Waals surface area contributed by atoms with Crippen LogP contribution in [0, 0.1) is 0 Å². The van der Waals surface area contributed by atoms with E-state index in [0.29, 0.717) is 0 Å². The smallest absolute Gasteiger partial charge is 0.0540 e. The average Bonchev–Trinajstić information content (AvgIpc) is 3.71. The molecule has 1 heteroatoms. The van der Waals surface area contributed by atoms with Crippen LogP contribution in [0.5, 0.6) is 0 Å². The summed E-state index contributed by atoms with van der Waals surface area (Å²) in [5.41, 5.74) is 22.4. The summed E-state index contributed by atoms with van der Waals surface area (Å²) in [4.78, 5) is 2.45. The SMILES string of the molecule is CC1(C)c2ccccc2-c2ccc(N(c3ccc(-c4ccccc4)cc3)c3ccccc3-c3ccc(-c4cccc5c4-c4ccccc4C5(C)c4ccccc4)cc3)cc21. The van der Waals surface area contributed by atoms with Gasteiger partial charge in [0.15, 0.2) is 0 Å². The van der Waals surface area contributed by atoms with Gasteiger partial charge >= 0.3 is 0 Å². The Bertz CT molecular complexity index is 3050. The van der Waals surface area contributed by atoms with Crippen molar-refractivity contribution in [2.45, 2.75) is 31.6 Å². The van der Waals surface area contributed by atoms with Crippen molar-refractivity contribution in [3.8, 4) is 55.6 Å². The highest BCUT2D eigenvalue weighted by molar-refractivity contribution is 5.95. The summed E-state index contributed by atoms with van der Waals surface area (Å²) in [7, 11) is 0. The van der Waals surface area contributed by atoms with E-state index in [1.807, 2.05) is 0 Å². The molecule has 0 bridgehead atoms. The van der Waals surface area contributed by atoms with E-state index in [-0.39, 0.29) is 10.8 Å². The molecule has 2 aliphatic carbocycles. The molecule has 0 amide bonds. The Balaban J connectivity index is 1.03. The molecule has 1 atom stereocenters. The molecule has 0 heterocycles. The van der Waals surface area contributed by atoms with E-state index in [2.05, 4.69) is 244 Å². The quantitative estimate of drug-likeness (QED) is 0.156.